The van der Waals surface area contributed by atoms with E-state index in [1.807, 2.05) is 31.2 Å². The van der Waals surface area contributed by atoms with Gasteiger partial charge in [-0.3, -0.25) is 9.59 Å². The van der Waals surface area contributed by atoms with Crippen molar-refractivity contribution in [2.45, 2.75) is 57.0 Å². The van der Waals surface area contributed by atoms with Crippen LogP contribution in [0.15, 0.2) is 48.5 Å². The molecule has 4 rings (SSSR count). The maximum Gasteiger partial charge on any atom is 0.407 e. The van der Waals surface area contributed by atoms with E-state index in [0.717, 1.165) is 35.1 Å². The first kappa shape index (κ1) is 22.8. The molecule has 2 unspecified atom stereocenters. The maximum absolute atomic E-state index is 12.7. The summed E-state index contributed by atoms with van der Waals surface area (Å²) in [4.78, 5) is 36.1. The van der Waals surface area contributed by atoms with Crippen molar-refractivity contribution in [1.82, 2.24) is 10.6 Å². The van der Waals surface area contributed by atoms with Crippen molar-refractivity contribution < 1.29 is 24.2 Å². The molecule has 7 heteroatoms. The van der Waals surface area contributed by atoms with Gasteiger partial charge in [-0.1, -0.05) is 55.5 Å². The summed E-state index contributed by atoms with van der Waals surface area (Å²) in [5.41, 5.74) is 4.58. The first-order valence-electron chi connectivity index (χ1n) is 11.6. The predicted molar refractivity (Wildman–Crippen MR) is 124 cm³/mol. The number of fused-ring (bicyclic) bond motifs is 3. The molecule has 3 N–H and O–H groups in total. The minimum absolute atomic E-state index is 0.0401. The summed E-state index contributed by atoms with van der Waals surface area (Å²) in [7, 11) is 0. The molecule has 7 nitrogen and oxygen atoms in total. The van der Waals surface area contributed by atoms with E-state index in [1.54, 1.807) is 0 Å². The van der Waals surface area contributed by atoms with E-state index >= 15 is 0 Å². The second-order valence-corrected chi connectivity index (χ2v) is 8.91. The molecule has 2 aliphatic rings. The predicted octanol–water partition coefficient (Wildman–Crippen LogP) is 4.06. The minimum atomic E-state index is -0.810. The van der Waals surface area contributed by atoms with E-state index in [-0.39, 0.29) is 36.8 Å². The van der Waals surface area contributed by atoms with E-state index in [0.29, 0.717) is 12.8 Å². The molecule has 0 heterocycles. The Balaban J connectivity index is 1.31. The van der Waals surface area contributed by atoms with Crippen LogP contribution in [0.1, 0.15) is 56.1 Å². The van der Waals surface area contributed by atoms with Gasteiger partial charge in [-0.2, -0.15) is 0 Å². The van der Waals surface area contributed by atoms with Gasteiger partial charge in [-0.15, -0.1) is 0 Å². The number of aliphatic carboxylic acids is 1. The summed E-state index contributed by atoms with van der Waals surface area (Å²) in [5.74, 6) is -1.02. The molecule has 2 amide bonds. The molecule has 2 aromatic rings. The Morgan fingerprint density at radius 1 is 1.03 bits per heavy atom. The minimum Gasteiger partial charge on any atom is -0.481 e. The largest absolute Gasteiger partial charge is 0.481 e. The van der Waals surface area contributed by atoms with Gasteiger partial charge in [0.05, 0.1) is 0 Å². The standard InChI is InChI=1S/C26H30N2O5/c1-2-23(25(31)27-17-12-11-16(13-17)14-24(29)30)28-26(32)33-15-22-20-9-5-3-7-18(20)19-8-4-6-10-21(19)22/h3-10,16-17,22-23H,2,11-15H2,1H3,(H,27,31)(H,28,32)(H,29,30)/t16?,17?,23-/m0/s1. The van der Waals surface area contributed by atoms with Crippen LogP contribution in [0, 0.1) is 5.92 Å². The van der Waals surface area contributed by atoms with Crippen LogP contribution in [0.4, 0.5) is 4.79 Å². The van der Waals surface area contributed by atoms with Crippen molar-refractivity contribution in [3.63, 3.8) is 0 Å². The van der Waals surface area contributed by atoms with Crippen molar-refractivity contribution in [3.8, 4) is 11.1 Å². The summed E-state index contributed by atoms with van der Waals surface area (Å²) < 4.78 is 5.56. The molecular formula is C26H30N2O5. The second kappa shape index (κ2) is 10.1. The lowest BCUT2D eigenvalue weighted by atomic mass is 9.98. The summed E-state index contributed by atoms with van der Waals surface area (Å²) in [5, 5.41) is 14.6. The number of alkyl carbamates (subject to hydrolysis) is 1. The number of hydrogen-bond acceptors (Lipinski definition) is 4. The molecule has 1 fully saturated rings. The summed E-state index contributed by atoms with van der Waals surface area (Å²) >= 11 is 0. The molecule has 0 spiro atoms. The average molecular weight is 451 g/mol. The van der Waals surface area contributed by atoms with Crippen LogP contribution < -0.4 is 10.6 Å². The smallest absolute Gasteiger partial charge is 0.407 e. The van der Waals surface area contributed by atoms with Crippen LogP contribution in [0.5, 0.6) is 0 Å². The monoisotopic (exact) mass is 450 g/mol. The molecular weight excluding hydrogens is 420 g/mol. The van der Waals surface area contributed by atoms with E-state index in [1.165, 1.54) is 0 Å². The third-order valence-electron chi connectivity index (χ3n) is 6.71. The number of carbonyl (C=O) groups is 3. The van der Waals surface area contributed by atoms with Gasteiger partial charge in [-0.05, 0) is 53.9 Å². The number of hydrogen-bond donors (Lipinski definition) is 3. The molecule has 3 atom stereocenters. The van der Waals surface area contributed by atoms with Crippen LogP contribution in [0.3, 0.4) is 0 Å². The lowest BCUT2D eigenvalue weighted by molar-refractivity contribution is -0.138. The first-order chi connectivity index (χ1) is 16.0. The third kappa shape index (κ3) is 5.18. The SMILES string of the molecule is CC[C@H](NC(=O)OCC1c2ccccc2-c2ccccc21)C(=O)NC1CCC(CC(=O)O)C1. The van der Waals surface area contributed by atoms with Crippen LogP contribution in [-0.2, 0) is 14.3 Å². The Hall–Kier alpha value is -3.35. The lowest BCUT2D eigenvalue weighted by Gasteiger charge is -2.21. The number of ether oxygens (including phenoxy) is 1. The Morgan fingerprint density at radius 2 is 1.67 bits per heavy atom. The molecule has 0 saturated heterocycles. The Morgan fingerprint density at radius 3 is 2.27 bits per heavy atom. The summed E-state index contributed by atoms with van der Waals surface area (Å²) in [6, 6.07) is 15.5. The normalized spacial score (nSPS) is 19.9. The second-order valence-electron chi connectivity index (χ2n) is 8.91. The van der Waals surface area contributed by atoms with Crippen molar-refractivity contribution >= 4 is 18.0 Å². The van der Waals surface area contributed by atoms with Gasteiger partial charge in [0.1, 0.15) is 12.6 Å². The van der Waals surface area contributed by atoms with Gasteiger partial charge < -0.3 is 20.5 Å². The number of carboxylic acid groups (broad SMARTS) is 1. The molecule has 0 aromatic heterocycles. The highest BCUT2D eigenvalue weighted by molar-refractivity contribution is 5.86. The fourth-order valence-electron chi connectivity index (χ4n) is 5.08. The molecule has 0 radical (unpaired) electrons. The first-order valence-corrected chi connectivity index (χ1v) is 11.6. The number of carboxylic acids is 1. The summed E-state index contributed by atoms with van der Waals surface area (Å²) in [6.07, 6.45) is 2.13. The van der Waals surface area contributed by atoms with Crippen LogP contribution >= 0.6 is 0 Å². The molecule has 1 saturated carbocycles. The van der Waals surface area contributed by atoms with E-state index < -0.39 is 18.1 Å². The molecule has 0 aliphatic heterocycles. The van der Waals surface area contributed by atoms with Crippen molar-refractivity contribution in [2.75, 3.05) is 6.61 Å². The number of carbonyl (C=O) groups excluding carboxylic acids is 2. The zero-order valence-corrected chi connectivity index (χ0v) is 18.8. The van der Waals surface area contributed by atoms with Gasteiger partial charge in [0.25, 0.3) is 0 Å². The molecule has 2 aliphatic carbocycles. The number of rotatable bonds is 8. The highest BCUT2D eigenvalue weighted by Gasteiger charge is 2.31. The van der Waals surface area contributed by atoms with Crippen LogP contribution in [-0.4, -0.2) is 41.8 Å². The van der Waals surface area contributed by atoms with E-state index in [2.05, 4.69) is 34.9 Å². The van der Waals surface area contributed by atoms with Gasteiger partial charge >= 0.3 is 12.1 Å². The zero-order chi connectivity index (χ0) is 23.4. The highest BCUT2D eigenvalue weighted by Crippen LogP contribution is 2.44. The average Bonchev–Trinajstić information content (AvgIpc) is 3.37. The zero-order valence-electron chi connectivity index (χ0n) is 18.8. The highest BCUT2D eigenvalue weighted by atomic mass is 16.5. The van der Waals surface area contributed by atoms with Gasteiger partial charge in [-0.25, -0.2) is 4.79 Å². The van der Waals surface area contributed by atoms with E-state index in [4.69, 9.17) is 9.84 Å². The Bertz CT molecular complexity index is 991. The van der Waals surface area contributed by atoms with Crippen molar-refractivity contribution in [2.24, 2.45) is 5.92 Å². The van der Waals surface area contributed by atoms with Crippen molar-refractivity contribution in [1.29, 1.82) is 0 Å². The number of amides is 2. The van der Waals surface area contributed by atoms with Gasteiger partial charge in [0, 0.05) is 18.4 Å². The quantitative estimate of drug-likeness (QED) is 0.563. The number of nitrogens with one attached hydrogen (secondary N) is 2. The van der Waals surface area contributed by atoms with Gasteiger partial charge in [0.15, 0.2) is 0 Å². The van der Waals surface area contributed by atoms with Crippen LogP contribution in [0.2, 0.25) is 0 Å². The lowest BCUT2D eigenvalue weighted by Crippen LogP contribution is -2.49. The summed E-state index contributed by atoms with van der Waals surface area (Å²) in [6.45, 7) is 2.02. The Kier molecular flexibility index (Phi) is 6.96. The van der Waals surface area contributed by atoms with Crippen LogP contribution in [0.25, 0.3) is 11.1 Å². The molecule has 174 valence electrons. The molecule has 33 heavy (non-hydrogen) atoms. The number of benzene rings is 2. The maximum atomic E-state index is 12.7. The Labute approximate surface area is 193 Å². The topological polar surface area (TPSA) is 105 Å². The van der Waals surface area contributed by atoms with Crippen molar-refractivity contribution in [3.05, 3.63) is 59.7 Å². The van der Waals surface area contributed by atoms with Gasteiger partial charge in [0.2, 0.25) is 5.91 Å². The fourth-order valence-corrected chi connectivity index (χ4v) is 5.08. The molecule has 2 aromatic carbocycles. The fraction of sp³-hybridized carbons (Fsp3) is 0.423. The van der Waals surface area contributed by atoms with E-state index in [9.17, 15) is 14.4 Å². The third-order valence-corrected chi connectivity index (χ3v) is 6.71. The molecule has 0 bridgehead atoms.